The van der Waals surface area contributed by atoms with E-state index in [0.29, 0.717) is 12.0 Å². The molecule has 1 atom stereocenters. The zero-order chi connectivity index (χ0) is 16.5. The molecule has 1 saturated heterocycles. The minimum Gasteiger partial charge on any atom is -0.355 e. The van der Waals surface area contributed by atoms with Gasteiger partial charge in [-0.2, -0.15) is 0 Å². The van der Waals surface area contributed by atoms with Gasteiger partial charge in [-0.1, -0.05) is 12.1 Å². The second kappa shape index (κ2) is 6.48. The number of halogens is 1. The Morgan fingerprint density at radius 1 is 1.25 bits per heavy atom. The van der Waals surface area contributed by atoms with Crippen molar-refractivity contribution >= 4 is 5.82 Å². The van der Waals surface area contributed by atoms with E-state index in [0.717, 1.165) is 43.3 Å². The fourth-order valence-electron chi connectivity index (χ4n) is 3.45. The molecule has 4 rings (SSSR count). The van der Waals surface area contributed by atoms with Crippen molar-refractivity contribution < 1.29 is 4.39 Å². The number of anilines is 1. The standard InChI is InChI=1S/C19H23FN4/c1-23(18-7-9-21-19(22-18)15-5-6-15)17-8-10-24(13-17)12-14-3-2-4-16(20)11-14/h2-4,7,9,11,15,17H,5-6,8,10,12-13H2,1H3. The van der Waals surface area contributed by atoms with E-state index >= 15 is 0 Å². The highest BCUT2D eigenvalue weighted by molar-refractivity contribution is 5.39. The predicted octanol–water partition coefficient (Wildman–Crippen LogP) is 3.20. The van der Waals surface area contributed by atoms with Gasteiger partial charge in [-0.05, 0) is 43.0 Å². The van der Waals surface area contributed by atoms with Crippen LogP contribution < -0.4 is 4.90 Å². The Bertz CT molecular complexity index is 716. The molecule has 1 aliphatic heterocycles. The topological polar surface area (TPSA) is 32.3 Å². The second-order valence-corrected chi connectivity index (χ2v) is 6.97. The Labute approximate surface area is 142 Å². The molecule has 5 heteroatoms. The number of aromatic nitrogens is 2. The molecule has 2 aromatic rings. The SMILES string of the molecule is CN(c1ccnc(C2CC2)n1)C1CCN(Cc2cccc(F)c2)C1. The molecule has 0 bridgehead atoms. The first-order valence-electron chi connectivity index (χ1n) is 8.71. The van der Waals surface area contributed by atoms with Crippen LogP contribution in [0.4, 0.5) is 10.2 Å². The van der Waals surface area contributed by atoms with Gasteiger partial charge in [0, 0.05) is 44.8 Å². The normalized spacial score (nSPS) is 21.2. The third-order valence-electron chi connectivity index (χ3n) is 5.05. The van der Waals surface area contributed by atoms with E-state index in [1.165, 1.54) is 18.9 Å². The van der Waals surface area contributed by atoms with E-state index in [-0.39, 0.29) is 5.82 Å². The molecule has 0 radical (unpaired) electrons. The maximum absolute atomic E-state index is 13.3. The average molecular weight is 326 g/mol. The summed E-state index contributed by atoms with van der Waals surface area (Å²) in [5.41, 5.74) is 1.04. The van der Waals surface area contributed by atoms with Crippen LogP contribution in [-0.4, -0.2) is 41.0 Å². The number of benzene rings is 1. The summed E-state index contributed by atoms with van der Waals surface area (Å²) in [4.78, 5) is 13.8. The van der Waals surface area contributed by atoms with Crippen LogP contribution in [0.5, 0.6) is 0 Å². The van der Waals surface area contributed by atoms with Gasteiger partial charge < -0.3 is 4.90 Å². The lowest BCUT2D eigenvalue weighted by atomic mass is 10.2. The number of likely N-dealkylation sites (N-methyl/N-ethyl adjacent to an activating group) is 1. The van der Waals surface area contributed by atoms with Gasteiger partial charge in [-0.15, -0.1) is 0 Å². The van der Waals surface area contributed by atoms with E-state index in [1.54, 1.807) is 12.1 Å². The van der Waals surface area contributed by atoms with Crippen molar-refractivity contribution in [3.63, 3.8) is 0 Å². The quantitative estimate of drug-likeness (QED) is 0.844. The lowest BCUT2D eigenvalue weighted by molar-refractivity contribution is 0.325. The molecule has 24 heavy (non-hydrogen) atoms. The van der Waals surface area contributed by atoms with Gasteiger partial charge in [-0.25, -0.2) is 14.4 Å². The van der Waals surface area contributed by atoms with Crippen LogP contribution >= 0.6 is 0 Å². The summed E-state index contributed by atoms with van der Waals surface area (Å²) >= 11 is 0. The predicted molar refractivity (Wildman–Crippen MR) is 92.5 cm³/mol. The first kappa shape index (κ1) is 15.5. The smallest absolute Gasteiger partial charge is 0.133 e. The fourth-order valence-corrected chi connectivity index (χ4v) is 3.45. The number of hydrogen-bond donors (Lipinski definition) is 0. The van der Waals surface area contributed by atoms with Crippen molar-refractivity contribution in [2.45, 2.75) is 37.8 Å². The molecule has 126 valence electrons. The molecule has 0 N–H and O–H groups in total. The number of hydrogen-bond acceptors (Lipinski definition) is 4. The largest absolute Gasteiger partial charge is 0.355 e. The third kappa shape index (κ3) is 3.41. The van der Waals surface area contributed by atoms with Crippen LogP contribution in [0.25, 0.3) is 0 Å². The Balaban J connectivity index is 1.39. The van der Waals surface area contributed by atoms with Crippen LogP contribution in [0.15, 0.2) is 36.5 Å². The summed E-state index contributed by atoms with van der Waals surface area (Å²) in [5.74, 6) is 2.43. The van der Waals surface area contributed by atoms with Gasteiger partial charge in [0.05, 0.1) is 0 Å². The molecule has 0 spiro atoms. The minimum atomic E-state index is -0.158. The fraction of sp³-hybridized carbons (Fsp3) is 0.474. The highest BCUT2D eigenvalue weighted by Gasteiger charge is 2.29. The van der Waals surface area contributed by atoms with E-state index in [4.69, 9.17) is 4.98 Å². The van der Waals surface area contributed by atoms with Crippen molar-refractivity contribution in [1.29, 1.82) is 0 Å². The van der Waals surface area contributed by atoms with Crippen LogP contribution in [0.3, 0.4) is 0 Å². The van der Waals surface area contributed by atoms with Crippen molar-refractivity contribution in [2.75, 3.05) is 25.0 Å². The van der Waals surface area contributed by atoms with Gasteiger partial charge in [0.15, 0.2) is 0 Å². The Hall–Kier alpha value is -2.01. The van der Waals surface area contributed by atoms with Gasteiger partial charge in [0.1, 0.15) is 17.5 Å². The van der Waals surface area contributed by atoms with Crippen molar-refractivity contribution in [3.05, 3.63) is 53.7 Å². The Morgan fingerprint density at radius 2 is 2.12 bits per heavy atom. The minimum absolute atomic E-state index is 0.158. The van der Waals surface area contributed by atoms with Gasteiger partial charge in [-0.3, -0.25) is 4.90 Å². The van der Waals surface area contributed by atoms with Gasteiger partial charge >= 0.3 is 0 Å². The lowest BCUT2D eigenvalue weighted by Gasteiger charge is -2.26. The second-order valence-electron chi connectivity index (χ2n) is 6.97. The maximum atomic E-state index is 13.3. The Kier molecular flexibility index (Phi) is 4.19. The molecular formula is C19H23FN4. The van der Waals surface area contributed by atoms with E-state index in [2.05, 4.69) is 21.8 Å². The van der Waals surface area contributed by atoms with Crippen molar-refractivity contribution in [2.24, 2.45) is 0 Å². The number of likely N-dealkylation sites (tertiary alicyclic amines) is 1. The summed E-state index contributed by atoms with van der Waals surface area (Å²) in [6, 6.07) is 9.35. The number of rotatable bonds is 5. The molecule has 1 aromatic heterocycles. The van der Waals surface area contributed by atoms with Crippen LogP contribution in [0.2, 0.25) is 0 Å². The summed E-state index contributed by atoms with van der Waals surface area (Å²) in [7, 11) is 2.12. The highest BCUT2D eigenvalue weighted by atomic mass is 19.1. The molecule has 0 amide bonds. The first-order valence-corrected chi connectivity index (χ1v) is 8.71. The van der Waals surface area contributed by atoms with Gasteiger partial charge in [0.25, 0.3) is 0 Å². The van der Waals surface area contributed by atoms with E-state index in [1.807, 2.05) is 18.3 Å². The van der Waals surface area contributed by atoms with E-state index in [9.17, 15) is 4.39 Å². The summed E-state index contributed by atoms with van der Waals surface area (Å²) in [6.45, 7) is 2.82. The zero-order valence-corrected chi connectivity index (χ0v) is 14.0. The molecule has 1 aromatic carbocycles. The summed E-state index contributed by atoms with van der Waals surface area (Å²) in [5, 5.41) is 0. The molecular weight excluding hydrogens is 303 g/mol. The summed E-state index contributed by atoms with van der Waals surface area (Å²) < 4.78 is 13.3. The molecule has 2 fully saturated rings. The van der Waals surface area contributed by atoms with E-state index < -0.39 is 0 Å². The molecule has 2 heterocycles. The van der Waals surface area contributed by atoms with Crippen LogP contribution in [0.1, 0.15) is 36.6 Å². The molecule has 1 saturated carbocycles. The van der Waals surface area contributed by atoms with Crippen LogP contribution in [0, 0.1) is 5.82 Å². The molecule has 2 aliphatic rings. The summed E-state index contributed by atoms with van der Waals surface area (Å²) in [6.07, 6.45) is 5.43. The third-order valence-corrected chi connectivity index (χ3v) is 5.05. The lowest BCUT2D eigenvalue weighted by Crippen LogP contribution is -2.35. The molecule has 1 aliphatic carbocycles. The number of nitrogens with zero attached hydrogens (tertiary/aromatic N) is 4. The highest BCUT2D eigenvalue weighted by Crippen LogP contribution is 2.38. The van der Waals surface area contributed by atoms with Crippen molar-refractivity contribution in [1.82, 2.24) is 14.9 Å². The average Bonchev–Trinajstić information content (AvgIpc) is 3.34. The van der Waals surface area contributed by atoms with Gasteiger partial charge in [0.2, 0.25) is 0 Å². The maximum Gasteiger partial charge on any atom is 0.133 e. The monoisotopic (exact) mass is 326 g/mol. The van der Waals surface area contributed by atoms with Crippen molar-refractivity contribution in [3.8, 4) is 0 Å². The molecule has 4 nitrogen and oxygen atoms in total. The van der Waals surface area contributed by atoms with Crippen LogP contribution in [-0.2, 0) is 6.54 Å². The Morgan fingerprint density at radius 3 is 2.92 bits per heavy atom. The zero-order valence-electron chi connectivity index (χ0n) is 14.0. The first-order chi connectivity index (χ1) is 11.7. The molecule has 1 unspecified atom stereocenters.